The topological polar surface area (TPSA) is 18.5 Å². The Morgan fingerprint density at radius 1 is 0.905 bits per heavy atom. The lowest BCUT2D eigenvalue weighted by molar-refractivity contribution is 0.0551. The molecule has 0 amide bonds. The second-order valence-corrected chi connectivity index (χ2v) is 16.9. The van der Waals surface area contributed by atoms with E-state index in [-0.39, 0.29) is 12.2 Å². The van der Waals surface area contributed by atoms with Gasteiger partial charge in [0.2, 0.25) is 0 Å². The van der Waals surface area contributed by atoms with Crippen LogP contribution in [0.3, 0.4) is 0 Å². The van der Waals surface area contributed by atoms with E-state index in [1.54, 1.807) is 6.07 Å². The highest BCUT2D eigenvalue weighted by molar-refractivity contribution is 6.70. The minimum atomic E-state index is -1.75. The lowest BCUT2D eigenvalue weighted by Crippen LogP contribution is -2.38. The highest BCUT2D eigenvalue weighted by Gasteiger charge is 2.32. The maximum Gasteiger partial charge on any atom is 0.184 e. The molecule has 1 unspecified atom stereocenters. The first-order valence-corrected chi connectivity index (χ1v) is 14.8. The van der Waals surface area contributed by atoms with E-state index in [9.17, 15) is 0 Å². The van der Waals surface area contributed by atoms with Crippen LogP contribution in [0, 0.1) is 0 Å². The van der Waals surface area contributed by atoms with Crippen molar-refractivity contribution in [3.63, 3.8) is 0 Å². The lowest BCUT2D eigenvalue weighted by Gasteiger charge is -2.35. The summed E-state index contributed by atoms with van der Waals surface area (Å²) < 4.78 is 12.6. The molecule has 1 rings (SSSR count). The Morgan fingerprint density at radius 2 is 1.43 bits per heavy atom. The van der Waals surface area contributed by atoms with Gasteiger partial charge in [-0.25, -0.2) is 0 Å². The third-order valence-electron chi connectivity index (χ3n) is 2.73. The molecule has 0 bridgehead atoms. The van der Waals surface area contributed by atoms with Crippen molar-refractivity contribution in [2.75, 3.05) is 0 Å². The Bertz CT molecular complexity index is 482. The Balaban J connectivity index is 3.16. The second kappa shape index (κ2) is 7.15. The predicted molar refractivity (Wildman–Crippen MR) is 97.5 cm³/mol. The summed E-state index contributed by atoms with van der Waals surface area (Å²) in [6.07, 6.45) is -0.242. The van der Waals surface area contributed by atoms with Crippen molar-refractivity contribution >= 4 is 39.8 Å². The van der Waals surface area contributed by atoms with Gasteiger partial charge in [-0.3, -0.25) is 0 Å². The third kappa shape index (κ3) is 6.42. The molecule has 0 heterocycles. The molecule has 0 aliphatic carbocycles. The van der Waals surface area contributed by atoms with Gasteiger partial charge >= 0.3 is 0 Å². The molecular formula is C15H26Cl2O2Si2. The average Bonchev–Trinajstić information content (AvgIpc) is 2.26. The van der Waals surface area contributed by atoms with E-state index >= 15 is 0 Å². The van der Waals surface area contributed by atoms with Crippen LogP contribution in [-0.4, -0.2) is 22.7 Å². The van der Waals surface area contributed by atoms with Gasteiger partial charge in [0.25, 0.3) is 0 Å². The summed E-state index contributed by atoms with van der Waals surface area (Å²) in [5.74, 6) is 0. The first-order chi connectivity index (χ1) is 9.41. The lowest BCUT2D eigenvalue weighted by atomic mass is 10.1. The SMILES string of the molecule is C[C@@H](O[Si](C)(C)C)C(O[Si](C)(C)C)c1cccc(Cl)c1Cl. The van der Waals surface area contributed by atoms with E-state index < -0.39 is 16.6 Å². The van der Waals surface area contributed by atoms with Crippen molar-refractivity contribution in [1.29, 1.82) is 0 Å². The van der Waals surface area contributed by atoms with Crippen molar-refractivity contribution in [1.82, 2.24) is 0 Å². The third-order valence-corrected chi connectivity index (χ3v) is 5.61. The summed E-state index contributed by atoms with van der Waals surface area (Å²) in [7, 11) is -3.41. The van der Waals surface area contributed by atoms with Crippen molar-refractivity contribution in [3.8, 4) is 0 Å². The van der Waals surface area contributed by atoms with Gasteiger partial charge in [0.05, 0.1) is 22.3 Å². The van der Waals surface area contributed by atoms with Crippen LogP contribution >= 0.6 is 23.2 Å². The predicted octanol–water partition coefficient (Wildman–Crippen LogP) is 6.13. The smallest absolute Gasteiger partial charge is 0.184 e. The number of hydrogen-bond donors (Lipinski definition) is 0. The molecule has 0 spiro atoms. The van der Waals surface area contributed by atoms with Crippen molar-refractivity contribution in [3.05, 3.63) is 33.8 Å². The second-order valence-electron chi connectivity index (χ2n) is 7.23. The van der Waals surface area contributed by atoms with E-state index in [0.717, 1.165) is 5.56 Å². The zero-order valence-corrected chi connectivity index (χ0v) is 17.5. The number of benzene rings is 1. The Morgan fingerprint density at radius 3 is 1.90 bits per heavy atom. The van der Waals surface area contributed by atoms with Crippen molar-refractivity contribution < 1.29 is 8.85 Å². The summed E-state index contributed by atoms with van der Waals surface area (Å²) in [5, 5.41) is 1.12. The summed E-state index contributed by atoms with van der Waals surface area (Å²) in [6.45, 7) is 15.1. The van der Waals surface area contributed by atoms with Gasteiger partial charge in [-0.2, -0.15) is 0 Å². The summed E-state index contributed by atoms with van der Waals surface area (Å²) >= 11 is 12.6. The first kappa shape index (κ1) is 19.2. The van der Waals surface area contributed by atoms with Crippen LogP contribution < -0.4 is 0 Å². The van der Waals surface area contributed by atoms with E-state index in [1.807, 2.05) is 12.1 Å². The molecule has 1 aromatic carbocycles. The molecule has 2 atom stereocenters. The molecule has 0 N–H and O–H groups in total. The zero-order valence-electron chi connectivity index (χ0n) is 14.0. The highest BCUT2D eigenvalue weighted by Crippen LogP contribution is 2.36. The normalized spacial score (nSPS) is 15.9. The molecule has 1 aromatic rings. The molecule has 0 saturated carbocycles. The molecule has 6 heteroatoms. The Kier molecular flexibility index (Phi) is 6.54. The first-order valence-electron chi connectivity index (χ1n) is 7.20. The van der Waals surface area contributed by atoms with Gasteiger partial charge in [-0.1, -0.05) is 35.3 Å². The zero-order chi connectivity index (χ0) is 16.4. The standard InChI is InChI=1S/C15H26Cl2O2Si2/c1-11(18-20(2,3)4)15(19-21(5,6)7)12-9-8-10-13(16)14(12)17/h8-11,15H,1-7H3/t11-,15?/m1/s1. The summed E-state index contributed by atoms with van der Waals surface area (Å²) in [5.41, 5.74) is 0.914. The van der Waals surface area contributed by atoms with Gasteiger partial charge in [-0.15, -0.1) is 0 Å². The van der Waals surface area contributed by atoms with Crippen LogP contribution in [0.1, 0.15) is 18.6 Å². The number of rotatable bonds is 6. The fraction of sp³-hybridized carbons (Fsp3) is 0.600. The minimum absolute atomic E-state index is 0.0561. The van der Waals surface area contributed by atoms with Gasteiger partial charge in [0.15, 0.2) is 16.6 Å². The van der Waals surface area contributed by atoms with Crippen LogP contribution in [0.2, 0.25) is 49.3 Å². The molecule has 120 valence electrons. The fourth-order valence-electron chi connectivity index (χ4n) is 2.15. The molecule has 0 saturated heterocycles. The molecule has 21 heavy (non-hydrogen) atoms. The quantitative estimate of drug-likeness (QED) is 0.565. The van der Waals surface area contributed by atoms with E-state index in [1.165, 1.54) is 0 Å². The molecule has 0 radical (unpaired) electrons. The highest BCUT2D eigenvalue weighted by atomic mass is 35.5. The average molecular weight is 365 g/mol. The molecular weight excluding hydrogens is 339 g/mol. The van der Waals surface area contributed by atoms with Crippen LogP contribution in [-0.2, 0) is 8.85 Å². The van der Waals surface area contributed by atoms with Crippen LogP contribution in [0.15, 0.2) is 18.2 Å². The Hall–Kier alpha value is 0.154. The van der Waals surface area contributed by atoms with Crippen LogP contribution in [0.25, 0.3) is 0 Å². The molecule has 0 fully saturated rings. The summed E-state index contributed by atoms with van der Waals surface area (Å²) in [6, 6.07) is 5.68. The monoisotopic (exact) mass is 364 g/mol. The fourth-order valence-corrected chi connectivity index (χ4v) is 4.89. The van der Waals surface area contributed by atoms with Gasteiger partial charge in [0, 0.05) is 5.56 Å². The molecule has 0 aliphatic heterocycles. The maximum absolute atomic E-state index is 6.39. The van der Waals surface area contributed by atoms with Gasteiger partial charge < -0.3 is 8.85 Å². The van der Waals surface area contributed by atoms with E-state index in [0.29, 0.717) is 10.0 Å². The van der Waals surface area contributed by atoms with E-state index in [4.69, 9.17) is 32.1 Å². The maximum atomic E-state index is 6.39. The van der Waals surface area contributed by atoms with Gasteiger partial charge in [-0.05, 0) is 52.3 Å². The Labute approximate surface area is 141 Å². The number of halogens is 2. The van der Waals surface area contributed by atoms with Crippen LogP contribution in [0.4, 0.5) is 0 Å². The number of hydrogen-bond acceptors (Lipinski definition) is 2. The van der Waals surface area contributed by atoms with Gasteiger partial charge in [0.1, 0.15) is 0 Å². The molecule has 0 aromatic heterocycles. The van der Waals surface area contributed by atoms with E-state index in [2.05, 4.69) is 46.2 Å². The molecule has 2 nitrogen and oxygen atoms in total. The largest absolute Gasteiger partial charge is 0.412 e. The van der Waals surface area contributed by atoms with Crippen LogP contribution in [0.5, 0.6) is 0 Å². The van der Waals surface area contributed by atoms with Crippen molar-refractivity contribution in [2.24, 2.45) is 0 Å². The molecule has 0 aliphatic rings. The van der Waals surface area contributed by atoms with Crippen molar-refractivity contribution in [2.45, 2.75) is 58.4 Å². The minimum Gasteiger partial charge on any atom is -0.412 e. The summed E-state index contributed by atoms with van der Waals surface area (Å²) in [4.78, 5) is 0.